The van der Waals surface area contributed by atoms with Gasteiger partial charge in [0.1, 0.15) is 0 Å². The third kappa shape index (κ3) is 4.64. The Bertz CT molecular complexity index is 637. The van der Waals surface area contributed by atoms with Crippen molar-refractivity contribution in [2.45, 2.75) is 6.54 Å². The molecule has 0 bridgehead atoms. The molecule has 6 heteroatoms. The fourth-order valence-electron chi connectivity index (χ4n) is 2.11. The Labute approximate surface area is 139 Å². The van der Waals surface area contributed by atoms with E-state index in [0.717, 1.165) is 5.56 Å². The van der Waals surface area contributed by atoms with Crippen molar-refractivity contribution in [1.82, 2.24) is 4.90 Å². The molecule has 0 atom stereocenters. The van der Waals surface area contributed by atoms with E-state index in [1.54, 1.807) is 47.6 Å². The lowest BCUT2D eigenvalue weighted by Crippen LogP contribution is -2.33. The molecule has 23 heavy (non-hydrogen) atoms. The Morgan fingerprint density at radius 2 is 1.78 bits per heavy atom. The standard InChI is InChI=1S/C17H19NO4S/c1-21-9-8-18(11-13-7-10-23-12-13)16(19)14-3-5-15(6-4-14)17(20)22-2/h3-7,10,12H,8-9,11H2,1-2H3. The second-order valence-corrected chi connectivity index (χ2v) is 5.70. The molecule has 1 heterocycles. The molecule has 1 aromatic heterocycles. The summed E-state index contributed by atoms with van der Waals surface area (Å²) in [6, 6.07) is 8.47. The van der Waals surface area contributed by atoms with Crippen LogP contribution >= 0.6 is 11.3 Å². The summed E-state index contributed by atoms with van der Waals surface area (Å²) in [6.07, 6.45) is 0. The van der Waals surface area contributed by atoms with Gasteiger partial charge < -0.3 is 14.4 Å². The average molecular weight is 333 g/mol. The quantitative estimate of drug-likeness (QED) is 0.731. The van der Waals surface area contributed by atoms with Gasteiger partial charge >= 0.3 is 5.97 Å². The minimum atomic E-state index is -0.418. The van der Waals surface area contributed by atoms with Gasteiger partial charge in [-0.2, -0.15) is 11.3 Å². The number of ether oxygens (including phenoxy) is 2. The van der Waals surface area contributed by atoms with Crippen LogP contribution in [0.1, 0.15) is 26.3 Å². The molecule has 0 saturated heterocycles. The van der Waals surface area contributed by atoms with Gasteiger partial charge in [-0.3, -0.25) is 4.79 Å². The highest BCUT2D eigenvalue weighted by Gasteiger charge is 2.17. The first-order chi connectivity index (χ1) is 11.2. The van der Waals surface area contributed by atoms with Gasteiger partial charge in [-0.15, -0.1) is 0 Å². The third-order valence-electron chi connectivity index (χ3n) is 3.36. The molecular formula is C17H19NO4S. The van der Waals surface area contributed by atoms with Gasteiger partial charge in [-0.25, -0.2) is 4.79 Å². The summed E-state index contributed by atoms with van der Waals surface area (Å²) in [4.78, 5) is 25.9. The molecule has 0 fully saturated rings. The highest BCUT2D eigenvalue weighted by molar-refractivity contribution is 7.07. The number of nitrogens with zero attached hydrogens (tertiary/aromatic N) is 1. The number of hydrogen-bond acceptors (Lipinski definition) is 5. The Morgan fingerprint density at radius 1 is 1.09 bits per heavy atom. The predicted octanol–water partition coefficient (Wildman–Crippen LogP) is 2.82. The number of benzene rings is 1. The maximum Gasteiger partial charge on any atom is 0.337 e. The van der Waals surface area contributed by atoms with Crippen molar-refractivity contribution in [3.05, 3.63) is 57.8 Å². The number of methoxy groups -OCH3 is 2. The molecule has 0 unspecified atom stereocenters. The van der Waals surface area contributed by atoms with Crippen LogP contribution in [0.3, 0.4) is 0 Å². The minimum absolute atomic E-state index is 0.0929. The van der Waals surface area contributed by atoms with E-state index < -0.39 is 5.97 Å². The molecule has 2 aromatic rings. The first kappa shape index (κ1) is 17.2. The van der Waals surface area contributed by atoms with E-state index >= 15 is 0 Å². The van der Waals surface area contributed by atoms with Crippen molar-refractivity contribution in [2.75, 3.05) is 27.4 Å². The highest BCUT2D eigenvalue weighted by Crippen LogP contribution is 2.14. The summed E-state index contributed by atoms with van der Waals surface area (Å²) in [7, 11) is 2.94. The molecular weight excluding hydrogens is 314 g/mol. The van der Waals surface area contributed by atoms with E-state index in [2.05, 4.69) is 4.74 Å². The summed E-state index contributed by atoms with van der Waals surface area (Å²) >= 11 is 1.60. The van der Waals surface area contributed by atoms with E-state index in [-0.39, 0.29) is 5.91 Å². The van der Waals surface area contributed by atoms with E-state index in [9.17, 15) is 9.59 Å². The Hall–Kier alpha value is -2.18. The van der Waals surface area contributed by atoms with Gasteiger partial charge in [0.2, 0.25) is 0 Å². The lowest BCUT2D eigenvalue weighted by atomic mass is 10.1. The summed E-state index contributed by atoms with van der Waals surface area (Å²) < 4.78 is 9.75. The number of rotatable bonds is 7. The molecule has 1 aromatic carbocycles. The molecule has 0 aliphatic rings. The first-order valence-corrected chi connectivity index (χ1v) is 8.07. The molecule has 0 spiro atoms. The smallest absolute Gasteiger partial charge is 0.337 e. The summed E-state index contributed by atoms with van der Waals surface area (Å²) in [5.74, 6) is -0.511. The number of esters is 1. The largest absolute Gasteiger partial charge is 0.465 e. The zero-order chi connectivity index (χ0) is 16.7. The van der Waals surface area contributed by atoms with E-state index in [1.807, 2.05) is 16.8 Å². The summed E-state index contributed by atoms with van der Waals surface area (Å²) in [5.41, 5.74) is 2.04. The maximum absolute atomic E-state index is 12.7. The Morgan fingerprint density at radius 3 is 2.35 bits per heavy atom. The molecule has 0 aliphatic carbocycles. The van der Waals surface area contributed by atoms with Crippen molar-refractivity contribution < 1.29 is 19.1 Å². The fraction of sp³-hybridized carbons (Fsp3) is 0.294. The molecule has 1 amide bonds. The SMILES string of the molecule is COCCN(Cc1ccsc1)C(=O)c1ccc(C(=O)OC)cc1. The third-order valence-corrected chi connectivity index (χ3v) is 4.09. The van der Waals surface area contributed by atoms with Crippen molar-refractivity contribution >= 4 is 23.2 Å². The van der Waals surface area contributed by atoms with Crippen LogP contribution in [-0.4, -0.2) is 44.1 Å². The lowest BCUT2D eigenvalue weighted by Gasteiger charge is -2.22. The number of carbonyl (C=O) groups is 2. The molecule has 122 valence electrons. The zero-order valence-electron chi connectivity index (χ0n) is 13.2. The molecule has 0 N–H and O–H groups in total. The molecule has 0 saturated carbocycles. The fourth-order valence-corrected chi connectivity index (χ4v) is 2.77. The van der Waals surface area contributed by atoms with Crippen molar-refractivity contribution in [1.29, 1.82) is 0 Å². The van der Waals surface area contributed by atoms with Crippen LogP contribution in [0.5, 0.6) is 0 Å². The predicted molar refractivity (Wildman–Crippen MR) is 88.7 cm³/mol. The van der Waals surface area contributed by atoms with Crippen LogP contribution in [-0.2, 0) is 16.0 Å². The Kier molecular flexibility index (Phi) is 6.31. The van der Waals surface area contributed by atoms with Gasteiger partial charge in [0, 0.05) is 25.8 Å². The maximum atomic E-state index is 12.7. The summed E-state index contributed by atoms with van der Waals surface area (Å²) in [5, 5.41) is 4.01. The van der Waals surface area contributed by atoms with Crippen LogP contribution in [0.15, 0.2) is 41.1 Å². The van der Waals surface area contributed by atoms with Crippen molar-refractivity contribution in [2.24, 2.45) is 0 Å². The van der Waals surface area contributed by atoms with Gasteiger partial charge in [-0.1, -0.05) is 0 Å². The topological polar surface area (TPSA) is 55.8 Å². The number of amides is 1. The first-order valence-electron chi connectivity index (χ1n) is 7.13. The second-order valence-electron chi connectivity index (χ2n) is 4.92. The second kappa shape index (κ2) is 8.45. The number of thiophene rings is 1. The summed E-state index contributed by atoms with van der Waals surface area (Å²) in [6.45, 7) is 1.50. The van der Waals surface area contributed by atoms with Gasteiger partial charge in [0.15, 0.2) is 0 Å². The average Bonchev–Trinajstić information content (AvgIpc) is 3.10. The molecule has 2 rings (SSSR count). The van der Waals surface area contributed by atoms with Crippen molar-refractivity contribution in [3.8, 4) is 0 Å². The molecule has 0 radical (unpaired) electrons. The Balaban J connectivity index is 2.13. The van der Waals surface area contributed by atoms with E-state index in [0.29, 0.717) is 30.8 Å². The molecule has 0 aliphatic heterocycles. The van der Waals surface area contributed by atoms with Crippen LogP contribution < -0.4 is 0 Å². The van der Waals surface area contributed by atoms with Gasteiger partial charge in [0.05, 0.1) is 19.3 Å². The highest BCUT2D eigenvalue weighted by atomic mass is 32.1. The van der Waals surface area contributed by atoms with Crippen LogP contribution in [0.4, 0.5) is 0 Å². The minimum Gasteiger partial charge on any atom is -0.465 e. The zero-order valence-corrected chi connectivity index (χ0v) is 14.0. The van der Waals surface area contributed by atoms with Crippen molar-refractivity contribution in [3.63, 3.8) is 0 Å². The monoisotopic (exact) mass is 333 g/mol. The molecule has 5 nitrogen and oxygen atoms in total. The number of carbonyl (C=O) groups excluding carboxylic acids is 2. The van der Waals surface area contributed by atoms with Crippen LogP contribution in [0, 0.1) is 0 Å². The van der Waals surface area contributed by atoms with E-state index in [1.165, 1.54) is 7.11 Å². The van der Waals surface area contributed by atoms with Gasteiger partial charge in [0.25, 0.3) is 5.91 Å². The van der Waals surface area contributed by atoms with E-state index in [4.69, 9.17) is 4.74 Å². The normalized spacial score (nSPS) is 10.3. The number of hydrogen-bond donors (Lipinski definition) is 0. The van der Waals surface area contributed by atoms with Gasteiger partial charge in [-0.05, 0) is 46.7 Å². The van der Waals surface area contributed by atoms with Crippen LogP contribution in [0.25, 0.3) is 0 Å². The van der Waals surface area contributed by atoms with Crippen LogP contribution in [0.2, 0.25) is 0 Å². The lowest BCUT2D eigenvalue weighted by molar-refractivity contribution is 0.0599.